The Bertz CT molecular complexity index is 456. The van der Waals surface area contributed by atoms with Crippen LogP contribution in [0.15, 0.2) is 40.8 Å². The van der Waals surface area contributed by atoms with E-state index in [1.165, 1.54) is 12.0 Å². The van der Waals surface area contributed by atoms with E-state index in [4.69, 9.17) is 0 Å². The number of rotatable bonds is 5. The highest BCUT2D eigenvalue weighted by Gasteiger charge is 2.17. The molecule has 0 saturated heterocycles. The maximum absolute atomic E-state index is 12.2. The first-order valence-corrected chi connectivity index (χ1v) is 7.87. The van der Waals surface area contributed by atoms with Crippen LogP contribution in [0.25, 0.3) is 0 Å². The third-order valence-corrected chi connectivity index (χ3v) is 4.28. The molecule has 2 atom stereocenters. The summed E-state index contributed by atoms with van der Waals surface area (Å²) in [5.41, 5.74) is 2.47. The number of hydrogen-bond acceptors (Lipinski definition) is 2. The minimum absolute atomic E-state index is 0.585. The van der Waals surface area contributed by atoms with Crippen molar-refractivity contribution < 1.29 is 8.78 Å². The van der Waals surface area contributed by atoms with Crippen molar-refractivity contribution in [3.8, 4) is 0 Å². The van der Waals surface area contributed by atoms with Crippen LogP contribution in [-0.2, 0) is 0 Å². The topological polar surface area (TPSA) is 12.0 Å². The van der Waals surface area contributed by atoms with Gasteiger partial charge in [-0.05, 0) is 55.9 Å². The Hall–Kier alpha value is -1.03. The van der Waals surface area contributed by atoms with E-state index in [1.807, 2.05) is 12.1 Å². The number of allylic oxidation sites excluding steroid dienone is 2. The molecule has 0 aromatic heterocycles. The molecule has 0 bridgehead atoms. The first-order valence-electron chi connectivity index (χ1n) is 6.99. The lowest BCUT2D eigenvalue weighted by Gasteiger charge is -2.26. The number of halogens is 2. The summed E-state index contributed by atoms with van der Waals surface area (Å²) in [5, 5.41) is 3.41. The van der Waals surface area contributed by atoms with Gasteiger partial charge in [-0.25, -0.2) is 0 Å². The summed E-state index contributed by atoms with van der Waals surface area (Å²) in [6.07, 6.45) is 4.72. The van der Waals surface area contributed by atoms with Gasteiger partial charge in [0.15, 0.2) is 0 Å². The van der Waals surface area contributed by atoms with E-state index in [0.29, 0.717) is 28.5 Å². The van der Waals surface area contributed by atoms with Gasteiger partial charge in [0.2, 0.25) is 0 Å². The van der Waals surface area contributed by atoms with Gasteiger partial charge in [0.05, 0.1) is 0 Å². The lowest BCUT2D eigenvalue weighted by molar-refractivity contribution is 0.252. The van der Waals surface area contributed by atoms with E-state index >= 15 is 0 Å². The summed E-state index contributed by atoms with van der Waals surface area (Å²) >= 11 is 0.585. The lowest BCUT2D eigenvalue weighted by atomic mass is 9.84. The molecule has 20 heavy (non-hydrogen) atoms. The minimum Gasteiger partial charge on any atom is -0.385 e. The Morgan fingerprint density at radius 2 is 2.00 bits per heavy atom. The quantitative estimate of drug-likeness (QED) is 0.576. The van der Waals surface area contributed by atoms with Crippen molar-refractivity contribution in [3.05, 3.63) is 35.9 Å². The van der Waals surface area contributed by atoms with Crippen LogP contribution < -0.4 is 5.32 Å². The van der Waals surface area contributed by atoms with Crippen molar-refractivity contribution in [3.63, 3.8) is 0 Å². The van der Waals surface area contributed by atoms with Crippen LogP contribution >= 0.6 is 11.8 Å². The van der Waals surface area contributed by atoms with Gasteiger partial charge in [0.1, 0.15) is 0 Å². The fraction of sp³-hybridized carbons (Fsp3) is 0.500. The van der Waals surface area contributed by atoms with Crippen molar-refractivity contribution in [2.45, 2.75) is 37.3 Å². The maximum atomic E-state index is 12.2. The predicted molar refractivity (Wildman–Crippen MR) is 82.4 cm³/mol. The smallest absolute Gasteiger partial charge is 0.288 e. The standard InChI is InChI=1S/C16H21F2NS/c1-11-7-12(2)9-13(8-11)10-19-14-3-5-15(6-4-14)20-16(17)18/h3-7,11,13,16,19H,8-10H2,1-2H3. The third kappa shape index (κ3) is 4.82. The average molecular weight is 297 g/mol. The van der Waals surface area contributed by atoms with Crippen molar-refractivity contribution in [2.75, 3.05) is 11.9 Å². The highest BCUT2D eigenvalue weighted by atomic mass is 32.2. The number of benzene rings is 1. The third-order valence-electron chi connectivity index (χ3n) is 3.56. The number of thioether (sulfide) groups is 1. The molecule has 0 saturated carbocycles. The number of hydrogen-bond donors (Lipinski definition) is 1. The molecule has 0 fully saturated rings. The van der Waals surface area contributed by atoms with Crippen molar-refractivity contribution in [1.29, 1.82) is 0 Å². The molecule has 0 heterocycles. The zero-order valence-electron chi connectivity index (χ0n) is 11.9. The maximum Gasteiger partial charge on any atom is 0.288 e. The SMILES string of the molecule is CC1=CC(C)CC(CNc2ccc(SC(F)F)cc2)C1. The van der Waals surface area contributed by atoms with E-state index < -0.39 is 5.76 Å². The summed E-state index contributed by atoms with van der Waals surface area (Å²) in [6.45, 7) is 5.39. The van der Waals surface area contributed by atoms with Crippen LogP contribution in [-0.4, -0.2) is 12.3 Å². The molecule has 1 nitrogen and oxygen atoms in total. The second kappa shape index (κ2) is 7.11. The molecule has 2 unspecified atom stereocenters. The van der Waals surface area contributed by atoms with E-state index in [1.54, 1.807) is 12.1 Å². The molecule has 0 radical (unpaired) electrons. The van der Waals surface area contributed by atoms with Crippen molar-refractivity contribution in [2.24, 2.45) is 11.8 Å². The van der Waals surface area contributed by atoms with Crippen molar-refractivity contribution in [1.82, 2.24) is 0 Å². The second-order valence-electron chi connectivity index (χ2n) is 5.58. The molecular weight excluding hydrogens is 276 g/mol. The first-order chi connectivity index (χ1) is 9.52. The summed E-state index contributed by atoms with van der Waals surface area (Å²) in [4.78, 5) is 0.607. The minimum atomic E-state index is -2.35. The molecule has 1 N–H and O–H groups in total. The molecule has 1 aliphatic rings. The number of anilines is 1. The van der Waals surface area contributed by atoms with Crippen LogP contribution in [0.3, 0.4) is 0 Å². The molecule has 0 aliphatic heterocycles. The van der Waals surface area contributed by atoms with Crippen LogP contribution in [0.4, 0.5) is 14.5 Å². The molecule has 0 amide bonds. The predicted octanol–water partition coefficient (Wildman–Crippen LogP) is 5.41. The van der Waals surface area contributed by atoms with Gasteiger partial charge in [-0.2, -0.15) is 8.78 Å². The molecular formula is C16H21F2NS. The van der Waals surface area contributed by atoms with E-state index in [-0.39, 0.29) is 0 Å². The zero-order chi connectivity index (χ0) is 14.5. The zero-order valence-corrected chi connectivity index (χ0v) is 12.7. The number of nitrogens with one attached hydrogen (secondary N) is 1. The number of alkyl halides is 2. The summed E-state index contributed by atoms with van der Waals surface area (Å²) in [6, 6.07) is 7.24. The Kier molecular flexibility index (Phi) is 5.46. The molecule has 2 rings (SSSR count). The van der Waals surface area contributed by atoms with Crippen LogP contribution in [0, 0.1) is 11.8 Å². The highest BCUT2D eigenvalue weighted by Crippen LogP contribution is 2.29. The Balaban J connectivity index is 1.83. The van der Waals surface area contributed by atoms with Gasteiger partial charge in [-0.3, -0.25) is 0 Å². The molecule has 1 aromatic carbocycles. The first kappa shape index (κ1) is 15.4. The summed E-state index contributed by atoms with van der Waals surface area (Å²) < 4.78 is 24.5. The fourth-order valence-electron chi connectivity index (χ4n) is 2.86. The van der Waals surface area contributed by atoms with E-state index in [9.17, 15) is 8.78 Å². The van der Waals surface area contributed by atoms with Gasteiger partial charge >= 0.3 is 0 Å². The van der Waals surface area contributed by atoms with Gasteiger partial charge in [0.25, 0.3) is 5.76 Å². The van der Waals surface area contributed by atoms with Crippen LogP contribution in [0.2, 0.25) is 0 Å². The largest absolute Gasteiger partial charge is 0.385 e. The molecule has 0 spiro atoms. The van der Waals surface area contributed by atoms with Gasteiger partial charge in [-0.1, -0.05) is 30.3 Å². The van der Waals surface area contributed by atoms with Gasteiger partial charge in [-0.15, -0.1) is 0 Å². The molecule has 1 aliphatic carbocycles. The van der Waals surface area contributed by atoms with E-state index in [0.717, 1.165) is 18.7 Å². The summed E-state index contributed by atoms with van der Waals surface area (Å²) in [7, 11) is 0. The fourth-order valence-corrected chi connectivity index (χ4v) is 3.36. The van der Waals surface area contributed by atoms with E-state index in [2.05, 4.69) is 25.2 Å². The second-order valence-corrected chi connectivity index (χ2v) is 6.64. The Labute approximate surface area is 123 Å². The highest BCUT2D eigenvalue weighted by molar-refractivity contribution is 7.99. The summed E-state index contributed by atoms with van der Waals surface area (Å²) in [5.74, 6) is -1.04. The monoisotopic (exact) mass is 297 g/mol. The molecule has 110 valence electrons. The molecule has 4 heteroatoms. The van der Waals surface area contributed by atoms with Gasteiger partial charge < -0.3 is 5.32 Å². The van der Waals surface area contributed by atoms with Crippen molar-refractivity contribution >= 4 is 17.4 Å². The van der Waals surface area contributed by atoms with Crippen LogP contribution in [0.5, 0.6) is 0 Å². The average Bonchev–Trinajstić information content (AvgIpc) is 2.36. The Morgan fingerprint density at radius 3 is 2.60 bits per heavy atom. The normalized spacial score (nSPS) is 22.8. The molecule has 1 aromatic rings. The Morgan fingerprint density at radius 1 is 1.30 bits per heavy atom. The lowest BCUT2D eigenvalue weighted by Crippen LogP contribution is -2.20. The van der Waals surface area contributed by atoms with Crippen LogP contribution in [0.1, 0.15) is 26.7 Å². The van der Waals surface area contributed by atoms with Gasteiger partial charge in [0, 0.05) is 17.1 Å².